The van der Waals surface area contributed by atoms with Gasteiger partial charge in [0.05, 0.1) is 6.61 Å². The molecule has 2 heteroatoms. The van der Waals surface area contributed by atoms with Crippen LogP contribution in [0, 0.1) is 5.92 Å². The van der Waals surface area contributed by atoms with Crippen LogP contribution in [-0.2, 0) is 4.74 Å². The molecule has 1 N–H and O–H groups in total. The zero-order valence-corrected chi connectivity index (χ0v) is 9.18. The fourth-order valence-electron chi connectivity index (χ4n) is 1.93. The van der Waals surface area contributed by atoms with Crippen molar-refractivity contribution < 1.29 is 4.74 Å². The average Bonchev–Trinajstić information content (AvgIpc) is 2.00. The lowest BCUT2D eigenvalue weighted by molar-refractivity contribution is 0.142. The third kappa shape index (κ3) is 3.28. The minimum atomic E-state index is 0.542. The molecule has 0 aromatic rings. The first kappa shape index (κ1) is 11.0. The summed E-state index contributed by atoms with van der Waals surface area (Å²) < 4.78 is 5.16. The van der Waals surface area contributed by atoms with Crippen molar-refractivity contribution in [1.29, 1.82) is 0 Å². The molecule has 0 radical (unpaired) electrons. The number of hydrogen-bond acceptors (Lipinski definition) is 2. The van der Waals surface area contributed by atoms with E-state index in [1.807, 2.05) is 0 Å². The first-order valence-corrected chi connectivity index (χ1v) is 5.53. The Balaban J connectivity index is 2.18. The summed E-state index contributed by atoms with van der Waals surface area (Å²) in [6.45, 7) is 5.36. The van der Waals surface area contributed by atoms with E-state index < -0.39 is 0 Å². The minimum Gasteiger partial charge on any atom is -0.383 e. The number of ether oxygens (including phenoxy) is 1. The molecule has 0 bridgehead atoms. The smallest absolute Gasteiger partial charge is 0.0615 e. The Morgan fingerprint density at radius 1 is 1.46 bits per heavy atom. The summed E-state index contributed by atoms with van der Waals surface area (Å²) in [5.74, 6) is 0.922. The predicted molar refractivity (Wildman–Crippen MR) is 55.9 cm³/mol. The van der Waals surface area contributed by atoms with E-state index in [9.17, 15) is 0 Å². The lowest BCUT2D eigenvalue weighted by atomic mass is 9.80. The molecule has 13 heavy (non-hydrogen) atoms. The standard InChI is InChI=1S/C11H23NO/c1-4-11(8-13-3)12-9(2)10-6-5-7-10/h9-12H,4-8H2,1-3H3. The summed E-state index contributed by atoms with van der Waals surface area (Å²) in [6, 6.07) is 1.22. The second-order valence-corrected chi connectivity index (χ2v) is 4.21. The van der Waals surface area contributed by atoms with E-state index >= 15 is 0 Å². The van der Waals surface area contributed by atoms with Crippen LogP contribution in [0.15, 0.2) is 0 Å². The fourth-order valence-corrected chi connectivity index (χ4v) is 1.93. The highest BCUT2D eigenvalue weighted by molar-refractivity contribution is 4.81. The molecule has 0 aliphatic heterocycles. The van der Waals surface area contributed by atoms with E-state index in [1.165, 1.54) is 19.3 Å². The molecule has 2 atom stereocenters. The molecule has 0 aromatic heterocycles. The largest absolute Gasteiger partial charge is 0.383 e. The summed E-state index contributed by atoms with van der Waals surface area (Å²) in [5.41, 5.74) is 0. The number of rotatable bonds is 6. The van der Waals surface area contributed by atoms with E-state index in [0.29, 0.717) is 12.1 Å². The van der Waals surface area contributed by atoms with Gasteiger partial charge in [-0.3, -0.25) is 0 Å². The lowest BCUT2D eigenvalue weighted by Crippen LogP contribution is -2.44. The van der Waals surface area contributed by atoms with Crippen LogP contribution in [-0.4, -0.2) is 25.8 Å². The number of nitrogens with one attached hydrogen (secondary N) is 1. The van der Waals surface area contributed by atoms with Crippen molar-refractivity contribution in [2.75, 3.05) is 13.7 Å². The molecule has 78 valence electrons. The van der Waals surface area contributed by atoms with Gasteiger partial charge in [0.25, 0.3) is 0 Å². The van der Waals surface area contributed by atoms with E-state index in [0.717, 1.165) is 18.9 Å². The SMILES string of the molecule is CCC(COC)NC(C)C1CCC1. The van der Waals surface area contributed by atoms with Crippen molar-refractivity contribution in [2.45, 2.75) is 51.6 Å². The zero-order chi connectivity index (χ0) is 9.68. The summed E-state index contributed by atoms with van der Waals surface area (Å²) in [5, 5.41) is 3.64. The van der Waals surface area contributed by atoms with E-state index in [-0.39, 0.29) is 0 Å². The highest BCUT2D eigenvalue weighted by Crippen LogP contribution is 2.29. The van der Waals surface area contributed by atoms with Gasteiger partial charge >= 0.3 is 0 Å². The van der Waals surface area contributed by atoms with Crippen LogP contribution in [0.1, 0.15) is 39.5 Å². The summed E-state index contributed by atoms with van der Waals surface area (Å²) >= 11 is 0. The Morgan fingerprint density at radius 2 is 2.15 bits per heavy atom. The van der Waals surface area contributed by atoms with Gasteiger partial charge in [-0.2, -0.15) is 0 Å². The molecule has 1 fully saturated rings. The molecule has 1 aliphatic rings. The second-order valence-electron chi connectivity index (χ2n) is 4.21. The maximum atomic E-state index is 5.16. The topological polar surface area (TPSA) is 21.3 Å². The molecular weight excluding hydrogens is 162 g/mol. The van der Waals surface area contributed by atoms with Crippen molar-refractivity contribution in [3.05, 3.63) is 0 Å². The fraction of sp³-hybridized carbons (Fsp3) is 1.00. The quantitative estimate of drug-likeness (QED) is 0.685. The van der Waals surface area contributed by atoms with Gasteiger partial charge in [0.1, 0.15) is 0 Å². The molecule has 2 unspecified atom stereocenters. The van der Waals surface area contributed by atoms with Crippen LogP contribution in [0.4, 0.5) is 0 Å². The normalized spacial score (nSPS) is 22.4. The molecular formula is C11H23NO. The monoisotopic (exact) mass is 185 g/mol. The van der Waals surface area contributed by atoms with Gasteiger partial charge < -0.3 is 10.1 Å². The molecule has 0 aromatic carbocycles. The van der Waals surface area contributed by atoms with E-state index in [2.05, 4.69) is 19.2 Å². The first-order valence-electron chi connectivity index (χ1n) is 5.53. The van der Waals surface area contributed by atoms with Crippen LogP contribution in [0.2, 0.25) is 0 Å². The van der Waals surface area contributed by atoms with Gasteiger partial charge in [-0.05, 0) is 32.1 Å². The maximum absolute atomic E-state index is 5.16. The van der Waals surface area contributed by atoms with Crippen LogP contribution < -0.4 is 5.32 Å². The molecule has 1 rings (SSSR count). The highest BCUT2D eigenvalue weighted by atomic mass is 16.5. The Morgan fingerprint density at radius 3 is 2.54 bits per heavy atom. The lowest BCUT2D eigenvalue weighted by Gasteiger charge is -2.34. The second kappa shape index (κ2) is 5.61. The molecule has 2 nitrogen and oxygen atoms in total. The van der Waals surface area contributed by atoms with Crippen molar-refractivity contribution in [3.8, 4) is 0 Å². The first-order chi connectivity index (χ1) is 6.27. The van der Waals surface area contributed by atoms with Crippen molar-refractivity contribution in [3.63, 3.8) is 0 Å². The van der Waals surface area contributed by atoms with Crippen LogP contribution in [0.5, 0.6) is 0 Å². The Hall–Kier alpha value is -0.0800. The van der Waals surface area contributed by atoms with Gasteiger partial charge in [-0.1, -0.05) is 13.3 Å². The van der Waals surface area contributed by atoms with Crippen molar-refractivity contribution in [2.24, 2.45) is 5.92 Å². The van der Waals surface area contributed by atoms with Crippen LogP contribution in [0.3, 0.4) is 0 Å². The number of methoxy groups -OCH3 is 1. The minimum absolute atomic E-state index is 0.542. The van der Waals surface area contributed by atoms with Gasteiger partial charge in [0.2, 0.25) is 0 Å². The molecule has 0 amide bonds. The summed E-state index contributed by atoms with van der Waals surface area (Å²) in [6.07, 6.45) is 5.41. The third-order valence-corrected chi connectivity index (χ3v) is 3.22. The number of hydrogen-bond donors (Lipinski definition) is 1. The Bertz CT molecular complexity index is 134. The van der Waals surface area contributed by atoms with Gasteiger partial charge in [0.15, 0.2) is 0 Å². The summed E-state index contributed by atoms with van der Waals surface area (Å²) in [7, 11) is 1.78. The van der Waals surface area contributed by atoms with Crippen LogP contribution in [0.25, 0.3) is 0 Å². The van der Waals surface area contributed by atoms with Gasteiger partial charge in [0, 0.05) is 19.2 Å². The van der Waals surface area contributed by atoms with Crippen LogP contribution >= 0.6 is 0 Å². The molecule has 0 heterocycles. The Kier molecular flexibility index (Phi) is 4.74. The third-order valence-electron chi connectivity index (χ3n) is 3.22. The average molecular weight is 185 g/mol. The molecule has 1 saturated carbocycles. The zero-order valence-electron chi connectivity index (χ0n) is 9.18. The molecule has 0 saturated heterocycles. The van der Waals surface area contributed by atoms with Gasteiger partial charge in [-0.25, -0.2) is 0 Å². The van der Waals surface area contributed by atoms with E-state index in [4.69, 9.17) is 4.74 Å². The van der Waals surface area contributed by atoms with Gasteiger partial charge in [-0.15, -0.1) is 0 Å². The van der Waals surface area contributed by atoms with Crippen molar-refractivity contribution in [1.82, 2.24) is 5.32 Å². The molecule has 0 spiro atoms. The molecule has 1 aliphatic carbocycles. The maximum Gasteiger partial charge on any atom is 0.0615 e. The van der Waals surface area contributed by atoms with E-state index in [1.54, 1.807) is 7.11 Å². The highest BCUT2D eigenvalue weighted by Gasteiger charge is 2.24. The summed E-state index contributed by atoms with van der Waals surface area (Å²) in [4.78, 5) is 0. The predicted octanol–water partition coefficient (Wildman–Crippen LogP) is 2.19. The Labute approximate surface area is 82.0 Å². The van der Waals surface area contributed by atoms with Crippen molar-refractivity contribution >= 4 is 0 Å².